The third kappa shape index (κ3) is 69.8. The molecule has 0 heterocycles. The minimum atomic E-state index is -0.658. The third-order valence-corrected chi connectivity index (χ3v) is 18.7. The number of carbonyl (C=O) groups excluding carboxylic acids is 2. The van der Waals surface area contributed by atoms with Crippen molar-refractivity contribution in [3.05, 3.63) is 0 Å². The predicted octanol–water partition coefficient (Wildman–Crippen LogP) is 25.3. The van der Waals surface area contributed by atoms with Crippen molar-refractivity contribution in [2.24, 2.45) is 0 Å². The number of hydrogen-bond donors (Lipinski definition) is 3. The van der Waals surface area contributed by atoms with Crippen LogP contribution in [-0.4, -0.2) is 47.4 Å². The minimum Gasteiger partial charge on any atom is -0.466 e. The van der Waals surface area contributed by atoms with Gasteiger partial charge in [-0.15, -0.1) is 0 Å². The summed E-state index contributed by atoms with van der Waals surface area (Å²) >= 11 is 0. The molecule has 6 heteroatoms. The van der Waals surface area contributed by atoms with Crippen LogP contribution in [0.15, 0.2) is 0 Å². The molecular weight excluding hydrogens is 1020 g/mol. The van der Waals surface area contributed by atoms with Gasteiger partial charge in [-0.1, -0.05) is 418 Å². The van der Waals surface area contributed by atoms with Gasteiger partial charge in [-0.05, 0) is 25.7 Å². The first kappa shape index (κ1) is 81.9. The van der Waals surface area contributed by atoms with E-state index in [9.17, 15) is 19.8 Å². The van der Waals surface area contributed by atoms with Crippen LogP contribution in [-0.2, 0) is 14.3 Å². The molecule has 0 saturated carbocycles. The first-order chi connectivity index (χ1) is 41.0. The van der Waals surface area contributed by atoms with Gasteiger partial charge in [0.1, 0.15) is 0 Å². The molecule has 0 aliphatic heterocycles. The number of ether oxygens (including phenoxy) is 1. The molecule has 0 aromatic heterocycles. The highest BCUT2D eigenvalue weighted by Crippen LogP contribution is 2.20. The van der Waals surface area contributed by atoms with E-state index in [4.69, 9.17) is 4.74 Å². The van der Waals surface area contributed by atoms with Crippen molar-refractivity contribution in [3.63, 3.8) is 0 Å². The van der Waals surface area contributed by atoms with Crippen LogP contribution in [0.3, 0.4) is 0 Å². The van der Waals surface area contributed by atoms with E-state index in [-0.39, 0.29) is 18.5 Å². The van der Waals surface area contributed by atoms with E-state index in [0.717, 1.165) is 38.5 Å². The summed E-state index contributed by atoms with van der Waals surface area (Å²) in [4.78, 5) is 24.6. The van der Waals surface area contributed by atoms with E-state index in [1.165, 1.54) is 385 Å². The fraction of sp³-hybridized carbons (Fsp3) is 0.974. The lowest BCUT2D eigenvalue weighted by molar-refractivity contribution is -0.143. The summed E-state index contributed by atoms with van der Waals surface area (Å²) < 4.78 is 5.50. The molecule has 2 atom stereocenters. The Bertz CT molecular complexity index is 1210. The van der Waals surface area contributed by atoms with Crippen LogP contribution in [0.25, 0.3) is 0 Å². The summed E-state index contributed by atoms with van der Waals surface area (Å²) in [5.74, 6) is 0.00164. The summed E-state index contributed by atoms with van der Waals surface area (Å²) in [5, 5.41) is 23.3. The molecule has 0 aliphatic rings. The molecule has 496 valence electrons. The Hall–Kier alpha value is -1.14. The molecular formula is C77H153NO5. The van der Waals surface area contributed by atoms with Crippen LogP contribution in [0, 0.1) is 0 Å². The van der Waals surface area contributed by atoms with Crippen LogP contribution in [0.4, 0.5) is 0 Å². The largest absolute Gasteiger partial charge is 0.466 e. The third-order valence-electron chi connectivity index (χ3n) is 18.7. The van der Waals surface area contributed by atoms with Gasteiger partial charge in [0.25, 0.3) is 0 Å². The van der Waals surface area contributed by atoms with Crippen molar-refractivity contribution in [2.45, 2.75) is 469 Å². The highest BCUT2D eigenvalue weighted by molar-refractivity contribution is 5.76. The Morgan fingerprint density at radius 3 is 0.735 bits per heavy atom. The standard InChI is InChI=1S/C77H153NO5/c1-3-5-7-9-11-13-15-17-46-49-53-57-61-65-69-75(80)74(73-79)78-76(81)70-66-62-58-54-50-47-43-41-39-37-35-33-31-29-27-25-23-21-19-18-20-22-24-26-28-30-32-34-36-38-40-42-44-48-52-56-60-64-68-72-83-77(82)71-67-63-59-55-51-45-16-14-12-10-8-6-4-2/h74-75,79-80H,3-73H2,1-2H3,(H,78,81). The topological polar surface area (TPSA) is 95.9 Å². The summed E-state index contributed by atoms with van der Waals surface area (Å²) in [6.07, 6.45) is 90.6. The Morgan fingerprint density at radius 1 is 0.289 bits per heavy atom. The van der Waals surface area contributed by atoms with Crippen molar-refractivity contribution in [3.8, 4) is 0 Å². The van der Waals surface area contributed by atoms with Crippen molar-refractivity contribution < 1.29 is 24.5 Å². The van der Waals surface area contributed by atoms with E-state index < -0.39 is 12.1 Å². The van der Waals surface area contributed by atoms with Gasteiger partial charge in [0.05, 0.1) is 25.4 Å². The fourth-order valence-corrected chi connectivity index (χ4v) is 12.8. The highest BCUT2D eigenvalue weighted by Gasteiger charge is 2.20. The van der Waals surface area contributed by atoms with E-state index >= 15 is 0 Å². The van der Waals surface area contributed by atoms with Gasteiger partial charge in [0.2, 0.25) is 5.91 Å². The molecule has 0 saturated heterocycles. The average Bonchev–Trinajstić information content (AvgIpc) is 3.49. The monoisotopic (exact) mass is 1170 g/mol. The smallest absolute Gasteiger partial charge is 0.305 e. The maximum absolute atomic E-state index is 12.5. The first-order valence-electron chi connectivity index (χ1n) is 38.8. The number of hydrogen-bond acceptors (Lipinski definition) is 5. The van der Waals surface area contributed by atoms with Crippen LogP contribution in [0.5, 0.6) is 0 Å². The molecule has 2 unspecified atom stereocenters. The van der Waals surface area contributed by atoms with E-state index in [2.05, 4.69) is 19.2 Å². The predicted molar refractivity (Wildman–Crippen MR) is 366 cm³/mol. The zero-order chi connectivity index (χ0) is 59.9. The summed E-state index contributed by atoms with van der Waals surface area (Å²) in [6.45, 7) is 5.00. The molecule has 0 aromatic carbocycles. The number of rotatable bonds is 74. The van der Waals surface area contributed by atoms with Gasteiger partial charge in [-0.25, -0.2) is 0 Å². The maximum atomic E-state index is 12.5. The van der Waals surface area contributed by atoms with Crippen LogP contribution in [0.2, 0.25) is 0 Å². The van der Waals surface area contributed by atoms with Crippen molar-refractivity contribution in [1.82, 2.24) is 5.32 Å². The summed E-state index contributed by atoms with van der Waals surface area (Å²) in [6, 6.07) is -0.535. The number of nitrogens with one attached hydrogen (secondary N) is 1. The van der Waals surface area contributed by atoms with Crippen LogP contribution < -0.4 is 5.32 Å². The number of esters is 1. The Morgan fingerprint density at radius 2 is 0.494 bits per heavy atom. The summed E-state index contributed by atoms with van der Waals surface area (Å²) in [5.41, 5.74) is 0. The number of aliphatic hydroxyl groups excluding tert-OH is 2. The quantitative estimate of drug-likeness (QED) is 0.0417. The molecule has 0 fully saturated rings. The van der Waals surface area contributed by atoms with Gasteiger partial charge in [-0.3, -0.25) is 9.59 Å². The maximum Gasteiger partial charge on any atom is 0.305 e. The Labute approximate surface area is 521 Å². The molecule has 0 radical (unpaired) electrons. The average molecular weight is 1170 g/mol. The highest BCUT2D eigenvalue weighted by atomic mass is 16.5. The first-order valence-corrected chi connectivity index (χ1v) is 38.8. The zero-order valence-corrected chi connectivity index (χ0v) is 57.0. The lowest BCUT2D eigenvalue weighted by atomic mass is 10.0. The number of carbonyl (C=O) groups is 2. The number of aliphatic hydroxyl groups is 2. The second-order valence-corrected chi connectivity index (χ2v) is 27.1. The van der Waals surface area contributed by atoms with E-state index in [0.29, 0.717) is 25.9 Å². The van der Waals surface area contributed by atoms with Crippen LogP contribution >= 0.6 is 0 Å². The van der Waals surface area contributed by atoms with Gasteiger partial charge >= 0.3 is 5.97 Å². The van der Waals surface area contributed by atoms with Crippen molar-refractivity contribution >= 4 is 11.9 Å². The fourth-order valence-electron chi connectivity index (χ4n) is 12.8. The second-order valence-electron chi connectivity index (χ2n) is 27.1. The normalized spacial score (nSPS) is 12.4. The molecule has 3 N–H and O–H groups in total. The van der Waals surface area contributed by atoms with E-state index in [1.54, 1.807) is 0 Å². The summed E-state index contributed by atoms with van der Waals surface area (Å²) in [7, 11) is 0. The number of amides is 1. The molecule has 0 rings (SSSR count). The second kappa shape index (κ2) is 73.3. The van der Waals surface area contributed by atoms with Crippen LogP contribution in [0.1, 0.15) is 457 Å². The molecule has 0 spiro atoms. The molecule has 1 amide bonds. The molecule has 0 aromatic rings. The zero-order valence-electron chi connectivity index (χ0n) is 57.0. The Kier molecular flexibility index (Phi) is 72.3. The molecule has 0 bridgehead atoms. The van der Waals surface area contributed by atoms with Crippen molar-refractivity contribution in [1.29, 1.82) is 0 Å². The van der Waals surface area contributed by atoms with Gasteiger partial charge in [0.15, 0.2) is 0 Å². The van der Waals surface area contributed by atoms with E-state index in [1.807, 2.05) is 0 Å². The lowest BCUT2D eigenvalue weighted by Gasteiger charge is -2.22. The van der Waals surface area contributed by atoms with Crippen molar-refractivity contribution in [2.75, 3.05) is 13.2 Å². The molecule has 6 nitrogen and oxygen atoms in total. The van der Waals surface area contributed by atoms with Gasteiger partial charge in [0, 0.05) is 12.8 Å². The Balaban J connectivity index is 3.27. The lowest BCUT2D eigenvalue weighted by Crippen LogP contribution is -2.45. The SMILES string of the molecule is CCCCCCCCCCCCCCCCC(O)C(CO)NC(=O)CCCCCCCCCCCCCCCCCCCCCCCCCCCCCCCCCCCCCCCCCOC(=O)CCCCCCCCCCCCCCC. The van der Waals surface area contributed by atoms with Gasteiger partial charge < -0.3 is 20.3 Å². The molecule has 83 heavy (non-hydrogen) atoms. The molecule has 0 aliphatic carbocycles. The minimum absolute atomic E-state index is 0.0251. The van der Waals surface area contributed by atoms with Gasteiger partial charge in [-0.2, -0.15) is 0 Å². The number of unbranched alkanes of at least 4 members (excludes halogenated alkanes) is 63.